The van der Waals surface area contributed by atoms with E-state index in [0.29, 0.717) is 6.04 Å². The predicted octanol–water partition coefficient (Wildman–Crippen LogP) is 1.62. The Morgan fingerprint density at radius 2 is 2.47 bits per heavy atom. The monoisotopic (exact) mass is 236 g/mol. The summed E-state index contributed by atoms with van der Waals surface area (Å²) >= 11 is 0. The molecule has 17 heavy (non-hydrogen) atoms. The van der Waals surface area contributed by atoms with Gasteiger partial charge in [0.05, 0.1) is 6.33 Å². The molecule has 0 radical (unpaired) electrons. The number of nitrogens with zero attached hydrogens (tertiary/aromatic N) is 2. The molecule has 1 unspecified atom stereocenters. The Labute approximate surface area is 104 Å². The van der Waals surface area contributed by atoms with Crippen molar-refractivity contribution < 1.29 is 0 Å². The Kier molecular flexibility index (Phi) is 4.57. The molecule has 1 atom stereocenters. The molecule has 2 rings (SSSR count). The molecular formula is C13H24N4. The third-order valence-electron chi connectivity index (χ3n) is 3.37. The first-order chi connectivity index (χ1) is 8.24. The van der Waals surface area contributed by atoms with Gasteiger partial charge in [-0.3, -0.25) is 4.90 Å². The minimum atomic E-state index is 0.595. The largest absolute Gasteiger partial charge is 0.347 e. The number of imidazole rings is 1. The summed E-state index contributed by atoms with van der Waals surface area (Å²) in [6, 6.07) is 0.595. The van der Waals surface area contributed by atoms with Crippen molar-refractivity contribution in [3.05, 3.63) is 18.2 Å². The molecule has 1 saturated heterocycles. The van der Waals surface area contributed by atoms with Crippen molar-refractivity contribution in [2.75, 3.05) is 19.6 Å². The van der Waals surface area contributed by atoms with Crippen LogP contribution in [0.5, 0.6) is 0 Å². The van der Waals surface area contributed by atoms with Gasteiger partial charge in [0.25, 0.3) is 0 Å². The summed E-state index contributed by atoms with van der Waals surface area (Å²) in [4.78, 5) is 9.78. The van der Waals surface area contributed by atoms with Crippen LogP contribution in [0.15, 0.2) is 12.5 Å². The number of hydrogen-bond acceptors (Lipinski definition) is 3. The number of H-pyrrole nitrogens is 1. The van der Waals surface area contributed by atoms with Crippen LogP contribution in [0.25, 0.3) is 0 Å². The van der Waals surface area contributed by atoms with Crippen molar-refractivity contribution in [1.29, 1.82) is 0 Å². The van der Waals surface area contributed by atoms with E-state index in [4.69, 9.17) is 0 Å². The zero-order valence-electron chi connectivity index (χ0n) is 10.9. The highest BCUT2D eigenvalue weighted by molar-refractivity contribution is 4.94. The topological polar surface area (TPSA) is 44.0 Å². The molecule has 1 aliphatic heterocycles. The summed E-state index contributed by atoms with van der Waals surface area (Å²) in [6.45, 7) is 9.02. The lowest BCUT2D eigenvalue weighted by Crippen LogP contribution is -2.40. The quantitative estimate of drug-likeness (QED) is 0.816. The number of nitrogens with one attached hydrogen (secondary N) is 2. The maximum atomic E-state index is 4.07. The first-order valence-electron chi connectivity index (χ1n) is 6.67. The Bertz CT molecular complexity index is 307. The van der Waals surface area contributed by atoms with Crippen LogP contribution in [0.3, 0.4) is 0 Å². The summed E-state index contributed by atoms with van der Waals surface area (Å²) < 4.78 is 0. The van der Waals surface area contributed by atoms with Crippen molar-refractivity contribution in [1.82, 2.24) is 20.2 Å². The Morgan fingerprint density at radius 1 is 1.59 bits per heavy atom. The fraction of sp³-hybridized carbons (Fsp3) is 0.769. The molecule has 2 heterocycles. The average Bonchev–Trinajstić information content (AvgIpc) is 2.80. The lowest BCUT2D eigenvalue weighted by Gasteiger charge is -2.32. The lowest BCUT2D eigenvalue weighted by molar-refractivity contribution is 0.162. The third-order valence-corrected chi connectivity index (χ3v) is 3.37. The molecule has 4 heteroatoms. The van der Waals surface area contributed by atoms with Crippen LogP contribution in [0.2, 0.25) is 0 Å². The maximum Gasteiger partial charge on any atom is 0.0922 e. The van der Waals surface area contributed by atoms with Crippen LogP contribution in [-0.4, -0.2) is 40.5 Å². The van der Waals surface area contributed by atoms with E-state index in [1.165, 1.54) is 31.6 Å². The van der Waals surface area contributed by atoms with Crippen molar-refractivity contribution in [2.45, 2.75) is 39.3 Å². The van der Waals surface area contributed by atoms with Crippen molar-refractivity contribution in [3.63, 3.8) is 0 Å². The minimum absolute atomic E-state index is 0.595. The molecule has 1 aliphatic rings. The average molecular weight is 236 g/mol. The molecule has 1 aromatic rings. The molecule has 0 saturated carbocycles. The van der Waals surface area contributed by atoms with Crippen molar-refractivity contribution >= 4 is 0 Å². The number of aromatic amines is 1. The molecule has 0 amide bonds. The number of rotatable bonds is 5. The van der Waals surface area contributed by atoms with Gasteiger partial charge in [-0.2, -0.15) is 0 Å². The molecule has 0 aliphatic carbocycles. The van der Waals surface area contributed by atoms with E-state index in [-0.39, 0.29) is 0 Å². The van der Waals surface area contributed by atoms with Gasteiger partial charge < -0.3 is 10.3 Å². The van der Waals surface area contributed by atoms with Gasteiger partial charge in [-0.15, -0.1) is 0 Å². The first kappa shape index (κ1) is 12.6. The second kappa shape index (κ2) is 6.17. The van der Waals surface area contributed by atoms with Gasteiger partial charge in [0.15, 0.2) is 0 Å². The van der Waals surface area contributed by atoms with E-state index in [0.717, 1.165) is 19.0 Å². The van der Waals surface area contributed by atoms with Gasteiger partial charge in [0.1, 0.15) is 0 Å². The van der Waals surface area contributed by atoms with Gasteiger partial charge in [-0.05, 0) is 31.8 Å². The van der Waals surface area contributed by atoms with Gasteiger partial charge in [-0.25, -0.2) is 4.98 Å². The van der Waals surface area contributed by atoms with Gasteiger partial charge in [0, 0.05) is 31.0 Å². The van der Waals surface area contributed by atoms with Crippen LogP contribution in [-0.2, 0) is 6.54 Å². The summed E-state index contributed by atoms with van der Waals surface area (Å²) in [6.07, 6.45) is 6.37. The molecule has 2 N–H and O–H groups in total. The molecule has 0 bridgehead atoms. The molecular weight excluding hydrogens is 212 g/mol. The second-order valence-electron chi connectivity index (χ2n) is 5.38. The van der Waals surface area contributed by atoms with Crippen LogP contribution in [0, 0.1) is 5.92 Å². The maximum absolute atomic E-state index is 4.07. The smallest absolute Gasteiger partial charge is 0.0922 e. The van der Waals surface area contributed by atoms with E-state index in [2.05, 4.69) is 34.0 Å². The van der Waals surface area contributed by atoms with E-state index >= 15 is 0 Å². The van der Waals surface area contributed by atoms with Crippen LogP contribution in [0.4, 0.5) is 0 Å². The standard InChI is InChI=1S/C13H24N4/c1-11(2)15-6-12-4-3-5-17(8-12)9-13-7-14-10-16-13/h7,10-12,15H,3-6,8-9H2,1-2H3,(H,14,16). The first-order valence-corrected chi connectivity index (χ1v) is 6.67. The fourth-order valence-corrected chi connectivity index (χ4v) is 2.48. The van der Waals surface area contributed by atoms with Crippen molar-refractivity contribution in [2.24, 2.45) is 5.92 Å². The molecule has 4 nitrogen and oxygen atoms in total. The van der Waals surface area contributed by atoms with Crippen molar-refractivity contribution in [3.8, 4) is 0 Å². The van der Waals surface area contributed by atoms with Gasteiger partial charge >= 0.3 is 0 Å². The molecule has 96 valence electrons. The summed E-state index contributed by atoms with van der Waals surface area (Å²) in [5.41, 5.74) is 1.22. The number of likely N-dealkylation sites (tertiary alicyclic amines) is 1. The molecule has 0 aromatic carbocycles. The Hall–Kier alpha value is -0.870. The predicted molar refractivity (Wildman–Crippen MR) is 69.7 cm³/mol. The van der Waals surface area contributed by atoms with Crippen LogP contribution < -0.4 is 5.32 Å². The third kappa shape index (κ3) is 4.13. The van der Waals surface area contributed by atoms with E-state index in [1.54, 1.807) is 6.33 Å². The Balaban J connectivity index is 1.76. The van der Waals surface area contributed by atoms with Gasteiger partial charge in [0.2, 0.25) is 0 Å². The SMILES string of the molecule is CC(C)NCC1CCCN(Cc2cnc[nH]2)C1. The molecule has 0 spiro atoms. The molecule has 1 aromatic heterocycles. The number of aromatic nitrogens is 2. The zero-order valence-corrected chi connectivity index (χ0v) is 10.9. The number of piperidine rings is 1. The fourth-order valence-electron chi connectivity index (χ4n) is 2.48. The normalized spacial score (nSPS) is 22.2. The van der Waals surface area contributed by atoms with Gasteiger partial charge in [-0.1, -0.05) is 13.8 Å². The zero-order chi connectivity index (χ0) is 12.1. The second-order valence-corrected chi connectivity index (χ2v) is 5.38. The summed E-state index contributed by atoms with van der Waals surface area (Å²) in [5, 5.41) is 3.55. The highest BCUT2D eigenvalue weighted by Crippen LogP contribution is 2.17. The van der Waals surface area contributed by atoms with Crippen LogP contribution >= 0.6 is 0 Å². The lowest BCUT2D eigenvalue weighted by atomic mass is 9.97. The van der Waals surface area contributed by atoms with E-state index in [9.17, 15) is 0 Å². The van der Waals surface area contributed by atoms with Crippen LogP contribution in [0.1, 0.15) is 32.4 Å². The highest BCUT2D eigenvalue weighted by Gasteiger charge is 2.20. The van der Waals surface area contributed by atoms with E-state index < -0.39 is 0 Å². The minimum Gasteiger partial charge on any atom is -0.347 e. The highest BCUT2D eigenvalue weighted by atomic mass is 15.1. The Morgan fingerprint density at radius 3 is 3.18 bits per heavy atom. The molecule has 1 fully saturated rings. The summed E-state index contributed by atoms with van der Waals surface area (Å²) in [5.74, 6) is 0.800. The summed E-state index contributed by atoms with van der Waals surface area (Å²) in [7, 11) is 0. The van der Waals surface area contributed by atoms with E-state index in [1.807, 2.05) is 6.20 Å². The number of hydrogen-bond donors (Lipinski definition) is 2.